The summed E-state index contributed by atoms with van der Waals surface area (Å²) in [6, 6.07) is 3.64. The first-order valence-corrected chi connectivity index (χ1v) is 7.10. The second-order valence-electron chi connectivity index (χ2n) is 5.66. The van der Waals surface area contributed by atoms with Crippen molar-refractivity contribution >= 4 is 0 Å². The standard InChI is InChI=1S/C15H19F2NO2/c16-11-3-4-12(13(17)7-11)15(19)8-18-5-6-20-9-14(18)10-1-2-10/h3-4,7,10,14-15,19H,1-2,5-6,8-9H2. The molecule has 20 heavy (non-hydrogen) atoms. The molecular formula is C15H19F2NO2. The van der Waals surface area contributed by atoms with Crippen LogP contribution in [0.4, 0.5) is 8.78 Å². The van der Waals surface area contributed by atoms with Crippen molar-refractivity contribution in [3.05, 3.63) is 35.4 Å². The zero-order chi connectivity index (χ0) is 14.1. The molecule has 0 bridgehead atoms. The van der Waals surface area contributed by atoms with Crippen LogP contribution < -0.4 is 0 Å². The number of benzene rings is 1. The Kier molecular flexibility index (Phi) is 4.01. The Labute approximate surface area is 117 Å². The van der Waals surface area contributed by atoms with E-state index in [0.717, 1.165) is 12.6 Å². The zero-order valence-electron chi connectivity index (χ0n) is 11.3. The van der Waals surface area contributed by atoms with Gasteiger partial charge in [-0.1, -0.05) is 6.07 Å². The molecule has 110 valence electrons. The molecule has 0 spiro atoms. The third-order valence-electron chi connectivity index (χ3n) is 4.18. The summed E-state index contributed by atoms with van der Waals surface area (Å²) in [5.41, 5.74) is 0.160. The minimum absolute atomic E-state index is 0.160. The highest BCUT2D eigenvalue weighted by Gasteiger charge is 2.37. The van der Waals surface area contributed by atoms with E-state index in [4.69, 9.17) is 4.74 Å². The highest BCUT2D eigenvalue weighted by Crippen LogP contribution is 2.37. The zero-order valence-corrected chi connectivity index (χ0v) is 11.3. The van der Waals surface area contributed by atoms with Crippen LogP contribution in [0.15, 0.2) is 18.2 Å². The van der Waals surface area contributed by atoms with E-state index in [0.29, 0.717) is 31.7 Å². The number of aliphatic hydroxyl groups excluding tert-OH is 1. The van der Waals surface area contributed by atoms with Crippen molar-refractivity contribution in [3.8, 4) is 0 Å². The lowest BCUT2D eigenvalue weighted by molar-refractivity contribution is -0.0344. The molecule has 1 saturated carbocycles. The summed E-state index contributed by atoms with van der Waals surface area (Å²) >= 11 is 0. The van der Waals surface area contributed by atoms with Gasteiger partial charge in [0, 0.05) is 30.8 Å². The molecule has 2 unspecified atom stereocenters. The van der Waals surface area contributed by atoms with Crippen LogP contribution in [0.1, 0.15) is 24.5 Å². The molecule has 2 atom stereocenters. The highest BCUT2D eigenvalue weighted by molar-refractivity contribution is 5.21. The Hall–Kier alpha value is -1.04. The van der Waals surface area contributed by atoms with Gasteiger partial charge in [0.1, 0.15) is 11.6 Å². The Morgan fingerprint density at radius 3 is 2.85 bits per heavy atom. The molecule has 1 N–H and O–H groups in total. The molecule has 1 aliphatic heterocycles. The van der Waals surface area contributed by atoms with E-state index in [9.17, 15) is 13.9 Å². The number of nitrogens with zero attached hydrogens (tertiary/aromatic N) is 1. The Bertz CT molecular complexity index is 479. The topological polar surface area (TPSA) is 32.7 Å². The van der Waals surface area contributed by atoms with Gasteiger partial charge in [-0.2, -0.15) is 0 Å². The molecule has 3 nitrogen and oxygen atoms in total. The SMILES string of the molecule is OC(CN1CCOCC1C1CC1)c1ccc(F)cc1F. The minimum atomic E-state index is -0.935. The summed E-state index contributed by atoms with van der Waals surface area (Å²) in [6.45, 7) is 2.44. The van der Waals surface area contributed by atoms with E-state index in [-0.39, 0.29) is 5.56 Å². The van der Waals surface area contributed by atoms with Crippen molar-refractivity contribution < 1.29 is 18.6 Å². The molecule has 5 heteroatoms. The van der Waals surface area contributed by atoms with E-state index < -0.39 is 17.7 Å². The smallest absolute Gasteiger partial charge is 0.131 e. The molecular weight excluding hydrogens is 264 g/mol. The van der Waals surface area contributed by atoms with Gasteiger partial charge in [-0.15, -0.1) is 0 Å². The lowest BCUT2D eigenvalue weighted by atomic mass is 10.1. The van der Waals surface area contributed by atoms with Crippen LogP contribution in [0.25, 0.3) is 0 Å². The quantitative estimate of drug-likeness (QED) is 0.918. The number of ether oxygens (including phenoxy) is 1. The summed E-state index contributed by atoms with van der Waals surface area (Å²) in [7, 11) is 0. The molecule has 0 aromatic heterocycles. The average Bonchev–Trinajstić information content (AvgIpc) is 3.23. The first-order chi connectivity index (χ1) is 9.65. The van der Waals surface area contributed by atoms with Crippen LogP contribution in [-0.4, -0.2) is 42.4 Å². The van der Waals surface area contributed by atoms with Gasteiger partial charge in [0.15, 0.2) is 0 Å². The van der Waals surface area contributed by atoms with Gasteiger partial charge in [-0.3, -0.25) is 4.90 Å². The van der Waals surface area contributed by atoms with Crippen molar-refractivity contribution in [2.24, 2.45) is 5.92 Å². The van der Waals surface area contributed by atoms with Crippen molar-refractivity contribution in [2.45, 2.75) is 25.0 Å². The lowest BCUT2D eigenvalue weighted by Crippen LogP contribution is -2.48. The van der Waals surface area contributed by atoms with E-state index in [1.807, 2.05) is 0 Å². The maximum Gasteiger partial charge on any atom is 0.131 e. The first kappa shape index (κ1) is 13.9. The second-order valence-corrected chi connectivity index (χ2v) is 5.66. The highest BCUT2D eigenvalue weighted by atomic mass is 19.1. The average molecular weight is 283 g/mol. The number of hydrogen-bond donors (Lipinski definition) is 1. The molecule has 1 saturated heterocycles. The first-order valence-electron chi connectivity index (χ1n) is 7.10. The van der Waals surface area contributed by atoms with Crippen LogP contribution in [0.5, 0.6) is 0 Å². The van der Waals surface area contributed by atoms with Gasteiger partial charge in [0.25, 0.3) is 0 Å². The van der Waals surface area contributed by atoms with Crippen LogP contribution in [0.2, 0.25) is 0 Å². The van der Waals surface area contributed by atoms with E-state index in [1.54, 1.807) is 0 Å². The van der Waals surface area contributed by atoms with Gasteiger partial charge < -0.3 is 9.84 Å². The van der Waals surface area contributed by atoms with Gasteiger partial charge in [0.05, 0.1) is 19.3 Å². The van der Waals surface area contributed by atoms with Crippen molar-refractivity contribution in [3.63, 3.8) is 0 Å². The third-order valence-corrected chi connectivity index (χ3v) is 4.18. The molecule has 2 fully saturated rings. The van der Waals surface area contributed by atoms with Crippen LogP contribution in [0, 0.1) is 17.6 Å². The summed E-state index contributed by atoms with van der Waals surface area (Å²) in [5.74, 6) is -0.671. The molecule has 0 amide bonds. The third kappa shape index (κ3) is 3.00. The largest absolute Gasteiger partial charge is 0.387 e. The molecule has 1 aliphatic carbocycles. The van der Waals surface area contributed by atoms with E-state index in [1.165, 1.54) is 25.0 Å². The summed E-state index contributed by atoms with van der Waals surface area (Å²) in [5, 5.41) is 10.2. The van der Waals surface area contributed by atoms with E-state index >= 15 is 0 Å². The Balaban J connectivity index is 1.68. The Morgan fingerprint density at radius 1 is 1.35 bits per heavy atom. The molecule has 1 heterocycles. The summed E-state index contributed by atoms with van der Waals surface area (Å²) in [6.07, 6.45) is 1.46. The number of hydrogen-bond acceptors (Lipinski definition) is 3. The number of rotatable bonds is 4. The monoisotopic (exact) mass is 283 g/mol. The fourth-order valence-corrected chi connectivity index (χ4v) is 2.89. The summed E-state index contributed by atoms with van der Waals surface area (Å²) in [4.78, 5) is 2.18. The predicted molar refractivity (Wildman–Crippen MR) is 70.2 cm³/mol. The van der Waals surface area contributed by atoms with Crippen LogP contribution in [0.3, 0.4) is 0 Å². The molecule has 1 aromatic carbocycles. The molecule has 0 radical (unpaired) electrons. The van der Waals surface area contributed by atoms with Gasteiger partial charge in [0.2, 0.25) is 0 Å². The fourth-order valence-electron chi connectivity index (χ4n) is 2.89. The number of morpholine rings is 1. The van der Waals surface area contributed by atoms with Crippen molar-refractivity contribution in [1.82, 2.24) is 4.90 Å². The maximum atomic E-state index is 13.7. The van der Waals surface area contributed by atoms with Gasteiger partial charge in [-0.05, 0) is 24.8 Å². The Morgan fingerprint density at radius 2 is 2.15 bits per heavy atom. The van der Waals surface area contributed by atoms with Crippen LogP contribution in [-0.2, 0) is 4.74 Å². The van der Waals surface area contributed by atoms with Gasteiger partial charge in [-0.25, -0.2) is 8.78 Å². The van der Waals surface area contributed by atoms with Crippen LogP contribution >= 0.6 is 0 Å². The normalized spacial score (nSPS) is 25.6. The van der Waals surface area contributed by atoms with Crippen molar-refractivity contribution in [1.29, 1.82) is 0 Å². The molecule has 1 aromatic rings. The number of β-amino-alcohol motifs (C(OH)–C–C–N with tert-alkyl or cyclic N) is 1. The van der Waals surface area contributed by atoms with Gasteiger partial charge >= 0.3 is 0 Å². The number of halogens is 2. The molecule has 3 rings (SSSR count). The fraction of sp³-hybridized carbons (Fsp3) is 0.600. The second kappa shape index (κ2) is 5.76. The number of aliphatic hydroxyl groups is 1. The summed E-state index contributed by atoms with van der Waals surface area (Å²) < 4.78 is 32.1. The molecule has 2 aliphatic rings. The minimum Gasteiger partial charge on any atom is -0.387 e. The van der Waals surface area contributed by atoms with E-state index in [2.05, 4.69) is 4.90 Å². The predicted octanol–water partition coefficient (Wildman–Crippen LogP) is 2.11. The lowest BCUT2D eigenvalue weighted by Gasteiger charge is -2.37. The maximum absolute atomic E-state index is 13.7. The van der Waals surface area contributed by atoms with Crippen molar-refractivity contribution in [2.75, 3.05) is 26.3 Å².